The summed E-state index contributed by atoms with van der Waals surface area (Å²) in [4.78, 5) is 75.9. The summed E-state index contributed by atoms with van der Waals surface area (Å²) in [6.07, 6.45) is -8.61. The fourth-order valence-electron chi connectivity index (χ4n) is 5.25. The fraction of sp³-hybridized carbons (Fsp3) is 0.231. The van der Waals surface area contributed by atoms with Crippen molar-refractivity contribution in [2.75, 3.05) is 18.5 Å². The molecule has 334 valence electrons. The van der Waals surface area contributed by atoms with E-state index in [9.17, 15) is 69.2 Å². The summed E-state index contributed by atoms with van der Waals surface area (Å²) >= 11 is 0. The maximum absolute atomic E-state index is 14.1. The molecular formula is C39H32F8N6O10. The number of aromatic nitrogens is 2. The first-order valence-corrected chi connectivity index (χ1v) is 17.9. The number of hydrogen-bond acceptors (Lipinski definition) is 12. The summed E-state index contributed by atoms with van der Waals surface area (Å²) in [5, 5.41) is 13.4. The monoisotopic (exact) mass is 896 g/mol. The lowest BCUT2D eigenvalue weighted by Gasteiger charge is -2.14. The molecule has 3 N–H and O–H groups in total. The molecule has 4 aromatic carbocycles. The van der Waals surface area contributed by atoms with Crippen molar-refractivity contribution in [3.63, 3.8) is 0 Å². The second-order valence-corrected chi connectivity index (χ2v) is 12.6. The number of hydroxylamine groups is 2. The third kappa shape index (κ3) is 13.5. The molecule has 16 nitrogen and oxygen atoms in total. The lowest BCUT2D eigenvalue weighted by molar-refractivity contribution is -0.385. The van der Waals surface area contributed by atoms with E-state index in [-0.39, 0.29) is 65.4 Å². The Bertz CT molecular complexity index is 2550. The molecule has 1 aliphatic rings. The number of halogens is 8. The molecule has 3 amide bonds. The van der Waals surface area contributed by atoms with Crippen LogP contribution in [0.5, 0.6) is 11.5 Å². The molecule has 1 saturated heterocycles. The molecule has 0 spiro atoms. The highest BCUT2D eigenvalue weighted by atomic mass is 19.4. The predicted octanol–water partition coefficient (Wildman–Crippen LogP) is 6.86. The smallest absolute Gasteiger partial charge is 0.422 e. The summed E-state index contributed by atoms with van der Waals surface area (Å²) in [5.74, 6) is -4.56. The third-order valence-electron chi connectivity index (χ3n) is 7.97. The molecule has 0 unspecified atom stereocenters. The average Bonchev–Trinajstić information content (AvgIpc) is 3.54. The van der Waals surface area contributed by atoms with Gasteiger partial charge in [0.05, 0.1) is 22.7 Å². The first kappa shape index (κ1) is 48.2. The van der Waals surface area contributed by atoms with E-state index in [0.29, 0.717) is 5.06 Å². The Hall–Kier alpha value is -7.50. The van der Waals surface area contributed by atoms with Gasteiger partial charge in [0.15, 0.2) is 18.8 Å². The zero-order chi connectivity index (χ0) is 46.6. The summed E-state index contributed by atoms with van der Waals surface area (Å²) in [7, 11) is 0. The topological polar surface area (TPSA) is 215 Å². The second-order valence-electron chi connectivity index (χ2n) is 12.6. The first-order valence-electron chi connectivity index (χ1n) is 17.9. The van der Waals surface area contributed by atoms with Crippen LogP contribution in [-0.4, -0.2) is 68.8 Å². The first-order chi connectivity index (χ1) is 29.6. The zero-order valence-electron chi connectivity index (χ0n) is 32.3. The maximum Gasteiger partial charge on any atom is 0.422 e. The largest absolute Gasteiger partial charge is 0.484 e. The van der Waals surface area contributed by atoms with Gasteiger partial charge in [-0.2, -0.15) is 26.3 Å². The minimum absolute atomic E-state index is 0.0118. The van der Waals surface area contributed by atoms with Crippen LogP contribution in [0, 0.1) is 21.7 Å². The van der Waals surface area contributed by atoms with Gasteiger partial charge in [0.2, 0.25) is 0 Å². The number of carbonyl (C=O) groups excluding carboxylic acids is 4. The number of benzene rings is 4. The number of nitro groups is 1. The number of imide groups is 1. The third-order valence-corrected chi connectivity index (χ3v) is 7.97. The Morgan fingerprint density at radius 2 is 1.38 bits per heavy atom. The number of anilines is 1. The van der Waals surface area contributed by atoms with Gasteiger partial charge < -0.3 is 25.4 Å². The molecule has 0 aliphatic carbocycles. The summed E-state index contributed by atoms with van der Waals surface area (Å²) in [5.41, 5.74) is 3.73. The molecule has 1 aromatic heterocycles. The normalized spacial score (nSPS) is 12.4. The van der Waals surface area contributed by atoms with Gasteiger partial charge in [-0.25, -0.2) is 18.6 Å². The highest BCUT2D eigenvalue weighted by Gasteiger charge is 2.33. The lowest BCUT2D eigenvalue weighted by atomic mass is 10.1. The van der Waals surface area contributed by atoms with Gasteiger partial charge in [-0.1, -0.05) is 31.2 Å². The van der Waals surface area contributed by atoms with E-state index in [1.807, 2.05) is 0 Å². The van der Waals surface area contributed by atoms with Gasteiger partial charge in [-0.15, -0.1) is 5.06 Å². The number of fused-ring (bicyclic) bond motifs is 1. The SMILES string of the molecule is CCC(=O)ON1C(=O)CCC1=O.NCc1nc2cccc(F)c2c(=O)n1-c1cccc(OCC(F)(F)F)c1.O=C(Nc1cccc(OCC(F)(F)F)c1)c1c(F)cccc1[N+](=O)[O-]. The molecule has 0 saturated carbocycles. The fourth-order valence-corrected chi connectivity index (χ4v) is 5.25. The van der Waals surface area contributed by atoms with Crippen molar-refractivity contribution < 1.29 is 73.5 Å². The predicted molar refractivity (Wildman–Crippen MR) is 203 cm³/mol. The lowest BCUT2D eigenvalue weighted by Crippen LogP contribution is -2.31. The second kappa shape index (κ2) is 20.8. The molecule has 2 heterocycles. The number of nitro benzene ring substituents is 1. The van der Waals surface area contributed by atoms with Gasteiger partial charge in [0.1, 0.15) is 34.3 Å². The minimum Gasteiger partial charge on any atom is -0.484 e. The molecule has 63 heavy (non-hydrogen) atoms. The highest BCUT2D eigenvalue weighted by molar-refractivity contribution is 6.07. The number of carbonyl (C=O) groups is 4. The highest BCUT2D eigenvalue weighted by Crippen LogP contribution is 2.26. The number of rotatable bonds is 11. The van der Waals surface area contributed by atoms with E-state index in [1.54, 1.807) is 6.92 Å². The van der Waals surface area contributed by atoms with E-state index in [1.165, 1.54) is 54.6 Å². The van der Waals surface area contributed by atoms with Crippen LogP contribution in [0.2, 0.25) is 0 Å². The Balaban J connectivity index is 0.000000221. The van der Waals surface area contributed by atoms with Crippen LogP contribution in [0.1, 0.15) is 42.4 Å². The number of nitrogens with two attached hydrogens (primary N) is 1. The van der Waals surface area contributed by atoms with Crippen molar-refractivity contribution in [3.8, 4) is 17.2 Å². The molecule has 0 radical (unpaired) electrons. The Morgan fingerprint density at radius 3 is 1.95 bits per heavy atom. The summed E-state index contributed by atoms with van der Waals surface area (Å²) < 4.78 is 112. The number of alkyl halides is 6. The Labute approximate surface area is 348 Å². The minimum atomic E-state index is -4.53. The quantitative estimate of drug-likeness (QED) is 0.0602. The van der Waals surface area contributed by atoms with Gasteiger partial charge in [-0.3, -0.25) is 33.9 Å². The van der Waals surface area contributed by atoms with Crippen LogP contribution in [0.4, 0.5) is 46.5 Å². The molecule has 1 aliphatic heterocycles. The molecule has 5 aromatic rings. The zero-order valence-corrected chi connectivity index (χ0v) is 32.3. The van der Waals surface area contributed by atoms with Gasteiger partial charge in [0, 0.05) is 43.1 Å². The molecule has 1 fully saturated rings. The van der Waals surface area contributed by atoms with Crippen molar-refractivity contribution in [2.24, 2.45) is 5.73 Å². The summed E-state index contributed by atoms with van der Waals surface area (Å²) in [6, 6.07) is 17.3. The molecular weight excluding hydrogens is 864 g/mol. The van der Waals surface area contributed by atoms with E-state index in [0.717, 1.165) is 34.9 Å². The number of ether oxygens (including phenoxy) is 2. The number of nitrogens with zero attached hydrogens (tertiary/aromatic N) is 4. The number of hydrogen-bond donors (Lipinski definition) is 2. The van der Waals surface area contributed by atoms with Crippen LogP contribution < -0.4 is 26.1 Å². The number of amides is 3. The average molecular weight is 897 g/mol. The Kier molecular flexibility index (Phi) is 15.9. The molecule has 24 heteroatoms. The van der Waals surface area contributed by atoms with Crippen molar-refractivity contribution in [1.29, 1.82) is 0 Å². The van der Waals surface area contributed by atoms with Crippen LogP contribution >= 0.6 is 0 Å². The van der Waals surface area contributed by atoms with Crippen molar-refractivity contribution >= 4 is 46.0 Å². The van der Waals surface area contributed by atoms with Crippen LogP contribution in [-0.2, 0) is 25.8 Å². The molecule has 6 rings (SSSR count). The van der Waals surface area contributed by atoms with Gasteiger partial charge >= 0.3 is 18.3 Å². The van der Waals surface area contributed by atoms with Gasteiger partial charge in [-0.05, 0) is 42.5 Å². The van der Waals surface area contributed by atoms with Gasteiger partial charge in [0.25, 0.3) is 29.0 Å². The number of nitrogens with one attached hydrogen (secondary N) is 1. The van der Waals surface area contributed by atoms with Crippen LogP contribution in [0.3, 0.4) is 0 Å². The maximum atomic E-state index is 14.1. The van der Waals surface area contributed by atoms with Crippen LogP contribution in [0.15, 0.2) is 89.7 Å². The molecule has 0 bridgehead atoms. The summed E-state index contributed by atoms with van der Waals surface area (Å²) in [6.45, 7) is -1.54. The Morgan fingerprint density at radius 1 is 0.825 bits per heavy atom. The standard InChI is InChI=1S/C17H13F4N3O2.C15H10F4N2O4.C7H9NO4/c18-12-5-2-6-13-15(12)16(25)24(14(8-22)23-13)10-3-1-4-11(7-10)26-9-17(19,20)21;16-11-5-2-6-12(21(23)24)13(11)14(22)20-9-3-1-4-10(7-9)25-8-15(17,18)19;1-2-7(11)12-8-5(9)3-4-6(8)10/h1-7H,8-9,22H2;1-7H,8H2,(H,20,22);2-4H2,1H3. The van der Waals surface area contributed by atoms with E-state index in [4.69, 9.17) is 10.5 Å². The van der Waals surface area contributed by atoms with E-state index in [2.05, 4.69) is 19.9 Å². The molecule has 0 atom stereocenters. The van der Waals surface area contributed by atoms with Crippen molar-refractivity contribution in [2.45, 2.75) is 45.1 Å². The van der Waals surface area contributed by atoms with Crippen molar-refractivity contribution in [3.05, 3.63) is 128 Å². The van der Waals surface area contributed by atoms with E-state index >= 15 is 0 Å². The van der Waals surface area contributed by atoms with Crippen LogP contribution in [0.25, 0.3) is 16.6 Å². The van der Waals surface area contributed by atoms with Crippen molar-refractivity contribution in [1.82, 2.24) is 14.6 Å². The van der Waals surface area contributed by atoms with E-state index < -0.39 is 82.6 Å².